The highest BCUT2D eigenvalue weighted by Gasteiger charge is 2.51. The van der Waals surface area contributed by atoms with Crippen LogP contribution in [0.25, 0.3) is 0 Å². The van der Waals surface area contributed by atoms with Crippen LogP contribution >= 0.6 is 11.6 Å². The number of nitriles is 1. The topological polar surface area (TPSA) is 69.5 Å². The first-order chi connectivity index (χ1) is 13.6. The molecule has 6 nitrogen and oxygen atoms in total. The summed E-state index contributed by atoms with van der Waals surface area (Å²) in [4.78, 5) is 21.2. The third kappa shape index (κ3) is 3.77. The fraction of sp³-hybridized carbons (Fsp3) is 0.682. The Morgan fingerprint density at radius 2 is 2.07 bits per heavy atom. The second-order valence-corrected chi connectivity index (χ2v) is 10.4. The Morgan fingerprint density at radius 1 is 1.34 bits per heavy atom. The van der Waals surface area contributed by atoms with Crippen LogP contribution in [0.4, 0.5) is 10.6 Å². The summed E-state index contributed by atoms with van der Waals surface area (Å²) in [5.74, 6) is 1.31. The summed E-state index contributed by atoms with van der Waals surface area (Å²) in [5, 5.41) is 10.4. The number of fused-ring (bicyclic) bond motifs is 1. The number of likely N-dealkylation sites (tertiary alicyclic amines) is 1. The number of halogens is 1. The molecule has 7 heteroatoms. The zero-order valence-corrected chi connectivity index (χ0v) is 18.5. The van der Waals surface area contributed by atoms with Crippen molar-refractivity contribution in [1.82, 2.24) is 9.88 Å². The highest BCUT2D eigenvalue weighted by molar-refractivity contribution is 6.33. The second kappa shape index (κ2) is 7.05. The average Bonchev–Trinajstić information content (AvgIpc) is 3.04. The molecule has 0 aromatic carbocycles. The third-order valence-corrected chi connectivity index (χ3v) is 6.70. The van der Waals surface area contributed by atoms with Gasteiger partial charge in [0.05, 0.1) is 5.02 Å². The predicted octanol–water partition coefficient (Wildman–Crippen LogP) is 4.18. The van der Waals surface area contributed by atoms with Crippen molar-refractivity contribution in [2.24, 2.45) is 11.3 Å². The highest BCUT2D eigenvalue weighted by Crippen LogP contribution is 2.43. The maximum atomic E-state index is 12.3. The molecule has 4 rings (SSSR count). The van der Waals surface area contributed by atoms with Crippen LogP contribution in [0.15, 0.2) is 0 Å². The van der Waals surface area contributed by atoms with Crippen molar-refractivity contribution in [2.45, 2.75) is 59.0 Å². The van der Waals surface area contributed by atoms with Gasteiger partial charge >= 0.3 is 6.09 Å². The summed E-state index contributed by atoms with van der Waals surface area (Å²) >= 11 is 6.64. The lowest BCUT2D eigenvalue weighted by atomic mass is 9.79. The number of amides is 1. The number of pyridine rings is 1. The first-order valence-corrected chi connectivity index (χ1v) is 10.8. The molecule has 0 bridgehead atoms. The first kappa shape index (κ1) is 20.3. The quantitative estimate of drug-likeness (QED) is 0.686. The van der Waals surface area contributed by atoms with Gasteiger partial charge in [0, 0.05) is 37.3 Å². The highest BCUT2D eigenvalue weighted by atomic mass is 35.5. The molecule has 2 fully saturated rings. The van der Waals surface area contributed by atoms with Crippen LogP contribution in [0.5, 0.6) is 0 Å². The van der Waals surface area contributed by atoms with E-state index in [1.165, 1.54) is 0 Å². The van der Waals surface area contributed by atoms with Gasteiger partial charge in [0.25, 0.3) is 0 Å². The minimum Gasteiger partial charge on any atom is -0.444 e. The molecule has 0 N–H and O–H groups in total. The van der Waals surface area contributed by atoms with Crippen molar-refractivity contribution in [2.75, 3.05) is 31.1 Å². The molecule has 2 saturated heterocycles. The molecule has 2 aliphatic heterocycles. The van der Waals surface area contributed by atoms with E-state index in [0.717, 1.165) is 55.8 Å². The minimum absolute atomic E-state index is 0.0565. The first-order valence-electron chi connectivity index (χ1n) is 10.4. The zero-order valence-electron chi connectivity index (χ0n) is 17.7. The number of ether oxygens (including phenoxy) is 1. The summed E-state index contributed by atoms with van der Waals surface area (Å²) < 4.78 is 5.48. The minimum atomic E-state index is -0.482. The molecule has 1 aromatic rings. The Kier molecular flexibility index (Phi) is 4.93. The number of nitrogens with zero attached hydrogens (tertiary/aromatic N) is 4. The molecule has 1 atom stereocenters. The van der Waals surface area contributed by atoms with E-state index in [1.807, 2.05) is 20.8 Å². The van der Waals surface area contributed by atoms with Crippen LogP contribution in [0.2, 0.25) is 5.02 Å². The summed E-state index contributed by atoms with van der Waals surface area (Å²) in [6.07, 6.45) is 3.63. The lowest BCUT2D eigenvalue weighted by Crippen LogP contribution is -2.60. The fourth-order valence-electron chi connectivity index (χ4n) is 4.79. The lowest BCUT2D eigenvalue weighted by molar-refractivity contribution is -0.0266. The monoisotopic (exact) mass is 416 g/mol. The molecule has 156 valence electrons. The van der Waals surface area contributed by atoms with Crippen molar-refractivity contribution < 1.29 is 9.53 Å². The van der Waals surface area contributed by atoms with E-state index in [2.05, 4.69) is 17.9 Å². The Bertz CT molecular complexity index is 880. The molecule has 29 heavy (non-hydrogen) atoms. The maximum Gasteiger partial charge on any atom is 0.410 e. The number of aromatic nitrogens is 1. The van der Waals surface area contributed by atoms with Crippen LogP contribution in [-0.4, -0.2) is 47.8 Å². The Hall–Kier alpha value is -2.00. The van der Waals surface area contributed by atoms with Gasteiger partial charge in [-0.2, -0.15) is 5.26 Å². The number of anilines is 1. The molecule has 1 spiro atoms. The van der Waals surface area contributed by atoms with Crippen LogP contribution in [0.3, 0.4) is 0 Å². The SMILES string of the molecule is CC1CCc2c(nc(N3CCC4(CN(C(=O)OC(C)(C)C)C4)C3)c(C#N)c2Cl)C1. The average molecular weight is 417 g/mol. The van der Waals surface area contributed by atoms with Crippen molar-refractivity contribution in [1.29, 1.82) is 5.26 Å². The maximum absolute atomic E-state index is 12.3. The van der Waals surface area contributed by atoms with Gasteiger partial charge < -0.3 is 14.5 Å². The van der Waals surface area contributed by atoms with Crippen LogP contribution in [-0.2, 0) is 17.6 Å². The molecule has 3 heterocycles. The van der Waals surface area contributed by atoms with Crippen molar-refractivity contribution in [3.8, 4) is 6.07 Å². The summed E-state index contributed by atoms with van der Waals surface area (Å²) in [6, 6.07) is 2.30. The van der Waals surface area contributed by atoms with Gasteiger partial charge in [0.2, 0.25) is 0 Å². The number of rotatable bonds is 1. The summed E-state index contributed by atoms with van der Waals surface area (Å²) in [5.41, 5.74) is 2.18. The van der Waals surface area contributed by atoms with E-state index < -0.39 is 5.60 Å². The van der Waals surface area contributed by atoms with Crippen LogP contribution in [0, 0.1) is 22.7 Å². The largest absolute Gasteiger partial charge is 0.444 e. The molecule has 3 aliphatic rings. The lowest BCUT2D eigenvalue weighted by Gasteiger charge is -2.47. The van der Waals surface area contributed by atoms with Gasteiger partial charge in [-0.05, 0) is 57.9 Å². The van der Waals surface area contributed by atoms with Gasteiger partial charge in [-0.1, -0.05) is 18.5 Å². The molecule has 1 unspecified atom stereocenters. The molecular formula is C22H29ClN4O2. The number of hydrogen-bond donors (Lipinski definition) is 0. The molecule has 0 saturated carbocycles. The molecule has 1 amide bonds. The summed E-state index contributed by atoms with van der Waals surface area (Å²) in [7, 11) is 0. The molecule has 0 radical (unpaired) electrons. The van der Waals surface area contributed by atoms with Gasteiger partial charge in [-0.15, -0.1) is 0 Å². The molecule has 1 aromatic heterocycles. The molecular weight excluding hydrogens is 388 g/mol. The van der Waals surface area contributed by atoms with E-state index in [9.17, 15) is 10.1 Å². The van der Waals surface area contributed by atoms with E-state index in [4.69, 9.17) is 21.3 Å². The van der Waals surface area contributed by atoms with E-state index in [-0.39, 0.29) is 11.5 Å². The van der Waals surface area contributed by atoms with Crippen LogP contribution < -0.4 is 4.90 Å². The number of carbonyl (C=O) groups is 1. The standard InChI is InChI=1S/C22H29ClN4O2/c1-14-5-6-15-17(9-14)25-19(16(10-24)18(15)23)26-8-7-22(11-26)12-27(13-22)20(28)29-21(2,3)4/h14H,5-9,11-13H2,1-4H3. The smallest absolute Gasteiger partial charge is 0.410 e. The Morgan fingerprint density at radius 3 is 2.72 bits per heavy atom. The fourth-order valence-corrected chi connectivity index (χ4v) is 5.12. The second-order valence-electron chi connectivity index (χ2n) is 10.0. The van der Waals surface area contributed by atoms with Gasteiger partial charge in [0.1, 0.15) is 23.1 Å². The Balaban J connectivity index is 1.51. The van der Waals surface area contributed by atoms with Crippen LogP contribution in [0.1, 0.15) is 57.4 Å². The number of carbonyl (C=O) groups excluding carboxylic acids is 1. The predicted molar refractivity (Wildman–Crippen MR) is 112 cm³/mol. The van der Waals surface area contributed by atoms with Crippen molar-refractivity contribution >= 4 is 23.5 Å². The van der Waals surface area contributed by atoms with Gasteiger partial charge in [0.15, 0.2) is 0 Å². The van der Waals surface area contributed by atoms with Crippen molar-refractivity contribution in [3.63, 3.8) is 0 Å². The van der Waals surface area contributed by atoms with E-state index >= 15 is 0 Å². The summed E-state index contributed by atoms with van der Waals surface area (Å²) in [6.45, 7) is 10.9. The van der Waals surface area contributed by atoms with E-state index in [1.54, 1.807) is 4.90 Å². The normalized spacial score (nSPS) is 22.8. The Labute approximate surface area is 177 Å². The zero-order chi connectivity index (χ0) is 21.0. The van der Waals surface area contributed by atoms with E-state index in [0.29, 0.717) is 29.6 Å². The van der Waals surface area contributed by atoms with Crippen molar-refractivity contribution in [3.05, 3.63) is 21.8 Å². The number of hydrogen-bond acceptors (Lipinski definition) is 5. The molecule has 1 aliphatic carbocycles. The van der Waals surface area contributed by atoms with Gasteiger partial charge in [-0.25, -0.2) is 9.78 Å². The third-order valence-electron chi connectivity index (χ3n) is 6.28. The van der Waals surface area contributed by atoms with Gasteiger partial charge in [-0.3, -0.25) is 0 Å².